The largest absolute Gasteiger partial charge is 0.437 e. The average molecular weight is 323 g/mol. The average Bonchev–Trinajstić information content (AvgIpc) is 3.03. The number of aromatic nitrogens is 2. The van der Waals surface area contributed by atoms with Gasteiger partial charge in [0.1, 0.15) is 23.4 Å². The summed E-state index contributed by atoms with van der Waals surface area (Å²) >= 11 is 0. The summed E-state index contributed by atoms with van der Waals surface area (Å²) in [4.78, 5) is 25.3. The Morgan fingerprint density at radius 1 is 1.30 bits per heavy atom. The topological polar surface area (TPSA) is 68.3 Å². The van der Waals surface area contributed by atoms with Gasteiger partial charge in [-0.05, 0) is 25.0 Å². The van der Waals surface area contributed by atoms with Crippen molar-refractivity contribution in [3.8, 4) is 0 Å². The second-order valence-electron chi connectivity index (χ2n) is 5.32. The highest BCUT2D eigenvalue weighted by Crippen LogP contribution is 2.31. The molecule has 1 aromatic carbocycles. The maximum Gasteiger partial charge on any atom is 0.437 e. The van der Waals surface area contributed by atoms with Crippen LogP contribution in [-0.2, 0) is 11.2 Å². The van der Waals surface area contributed by atoms with Crippen LogP contribution < -0.4 is 10.7 Å². The van der Waals surface area contributed by atoms with Gasteiger partial charge in [-0.1, -0.05) is 13.0 Å². The second-order valence-corrected chi connectivity index (χ2v) is 5.32. The number of para-hydroxylation sites is 1. The molecule has 1 amide bonds. The predicted molar refractivity (Wildman–Crippen MR) is 77.1 cm³/mol. The third-order valence-electron chi connectivity index (χ3n) is 3.76. The van der Waals surface area contributed by atoms with Crippen molar-refractivity contribution in [3.05, 3.63) is 46.3 Å². The van der Waals surface area contributed by atoms with Crippen LogP contribution in [0.3, 0.4) is 0 Å². The van der Waals surface area contributed by atoms with Gasteiger partial charge in [0.2, 0.25) is 5.89 Å². The van der Waals surface area contributed by atoms with Gasteiger partial charge in [0, 0.05) is 13.0 Å². The highest BCUT2D eigenvalue weighted by molar-refractivity contribution is 5.98. The van der Waals surface area contributed by atoms with Crippen LogP contribution in [0.5, 0.6) is 0 Å². The molecule has 0 bridgehead atoms. The number of carbonyl (C=O) groups excluding carboxylic acids is 1. The van der Waals surface area contributed by atoms with E-state index >= 15 is 0 Å². The zero-order chi connectivity index (χ0) is 16.6. The molecular weight excluding hydrogens is 308 g/mol. The molecule has 1 aromatic heterocycles. The third-order valence-corrected chi connectivity index (χ3v) is 3.76. The molecule has 0 spiro atoms. The second kappa shape index (κ2) is 5.94. The van der Waals surface area contributed by atoms with E-state index in [1.807, 2.05) is 6.92 Å². The van der Waals surface area contributed by atoms with Gasteiger partial charge in [-0.15, -0.1) is 5.10 Å². The lowest BCUT2D eigenvalue weighted by molar-refractivity contribution is -0.120. The summed E-state index contributed by atoms with van der Waals surface area (Å²) in [6.07, 6.45) is 1.45. The zero-order valence-electron chi connectivity index (χ0n) is 12.5. The van der Waals surface area contributed by atoms with Crippen molar-refractivity contribution in [2.24, 2.45) is 0 Å². The van der Waals surface area contributed by atoms with E-state index in [1.54, 1.807) is 0 Å². The molecule has 0 radical (unpaired) electrons. The minimum Gasteiger partial charge on any atom is -0.392 e. The van der Waals surface area contributed by atoms with Gasteiger partial charge >= 0.3 is 5.76 Å². The fraction of sp³-hybridized carbons (Fsp3) is 0.400. The minimum absolute atomic E-state index is 0.101. The van der Waals surface area contributed by atoms with Gasteiger partial charge in [0.15, 0.2) is 0 Å². The first kappa shape index (κ1) is 15.4. The van der Waals surface area contributed by atoms with Crippen molar-refractivity contribution in [2.45, 2.75) is 32.2 Å². The van der Waals surface area contributed by atoms with Crippen LogP contribution in [0.1, 0.15) is 31.7 Å². The number of carbonyl (C=O) groups is 1. The lowest BCUT2D eigenvalue weighted by Crippen LogP contribution is -2.33. The van der Waals surface area contributed by atoms with Crippen LogP contribution in [0.25, 0.3) is 0 Å². The van der Waals surface area contributed by atoms with Crippen LogP contribution in [0.15, 0.2) is 27.4 Å². The molecule has 0 N–H and O–H groups in total. The lowest BCUT2D eigenvalue weighted by Gasteiger charge is -2.17. The Bertz CT molecular complexity index is 779. The summed E-state index contributed by atoms with van der Waals surface area (Å²) in [7, 11) is 0. The molecule has 1 fully saturated rings. The number of halogens is 2. The first-order chi connectivity index (χ1) is 11.0. The SMILES string of the molecule is CCCc1nn(C2CCN(c3c(F)cccc3F)C2=O)c(=O)o1. The third kappa shape index (κ3) is 2.64. The molecule has 0 saturated carbocycles. The van der Waals surface area contributed by atoms with Crippen LogP contribution in [0.4, 0.5) is 14.5 Å². The van der Waals surface area contributed by atoms with Crippen LogP contribution in [0, 0.1) is 11.6 Å². The number of benzene rings is 1. The van der Waals surface area contributed by atoms with Gasteiger partial charge in [0.05, 0.1) is 0 Å². The number of amides is 1. The molecule has 1 saturated heterocycles. The fourth-order valence-corrected chi connectivity index (χ4v) is 2.70. The van der Waals surface area contributed by atoms with Crippen LogP contribution in [-0.4, -0.2) is 22.2 Å². The first-order valence-corrected chi connectivity index (χ1v) is 7.36. The summed E-state index contributed by atoms with van der Waals surface area (Å²) in [5.74, 6) is -2.70. The summed E-state index contributed by atoms with van der Waals surface area (Å²) in [6.45, 7) is 2.01. The standard InChI is InChI=1S/C15H15F2N3O3/c1-2-4-12-18-20(15(22)23-12)11-7-8-19(14(11)21)13-9(16)5-3-6-10(13)17/h3,5-6,11H,2,4,7-8H2,1H3. The minimum atomic E-state index is -0.907. The number of hydrogen-bond acceptors (Lipinski definition) is 4. The number of nitrogens with zero attached hydrogens (tertiary/aromatic N) is 3. The molecule has 8 heteroatoms. The molecule has 1 aliphatic rings. The maximum absolute atomic E-state index is 13.9. The van der Waals surface area contributed by atoms with Crippen LogP contribution >= 0.6 is 0 Å². The van der Waals surface area contributed by atoms with Crippen molar-refractivity contribution >= 4 is 11.6 Å². The molecule has 6 nitrogen and oxygen atoms in total. The highest BCUT2D eigenvalue weighted by atomic mass is 19.1. The van der Waals surface area contributed by atoms with Crippen molar-refractivity contribution in [1.29, 1.82) is 0 Å². The van der Waals surface area contributed by atoms with E-state index in [0.29, 0.717) is 6.42 Å². The zero-order valence-corrected chi connectivity index (χ0v) is 12.5. The number of rotatable bonds is 4. The summed E-state index contributed by atoms with van der Waals surface area (Å²) in [6, 6.07) is 2.49. The predicted octanol–water partition coefficient (Wildman–Crippen LogP) is 2.04. The Hall–Kier alpha value is -2.51. The Morgan fingerprint density at radius 3 is 2.65 bits per heavy atom. The number of anilines is 1. The van der Waals surface area contributed by atoms with E-state index in [9.17, 15) is 18.4 Å². The van der Waals surface area contributed by atoms with E-state index in [1.165, 1.54) is 6.07 Å². The molecule has 122 valence electrons. The number of hydrogen-bond donors (Lipinski definition) is 0. The van der Waals surface area contributed by atoms with Crippen molar-refractivity contribution in [2.75, 3.05) is 11.4 Å². The van der Waals surface area contributed by atoms with Crippen LogP contribution in [0.2, 0.25) is 0 Å². The quantitative estimate of drug-likeness (QED) is 0.863. The Kier molecular flexibility index (Phi) is 3.97. The van der Waals surface area contributed by atoms with E-state index in [2.05, 4.69) is 5.10 Å². The molecule has 3 rings (SSSR count). The molecule has 2 heterocycles. The van der Waals surface area contributed by atoms with Gasteiger partial charge in [-0.3, -0.25) is 4.79 Å². The van der Waals surface area contributed by atoms with Gasteiger partial charge in [-0.25, -0.2) is 13.6 Å². The highest BCUT2D eigenvalue weighted by Gasteiger charge is 2.38. The van der Waals surface area contributed by atoms with Crippen molar-refractivity contribution < 1.29 is 18.0 Å². The van der Waals surface area contributed by atoms with Gasteiger partial charge in [-0.2, -0.15) is 4.68 Å². The van der Waals surface area contributed by atoms with Gasteiger partial charge in [0.25, 0.3) is 5.91 Å². The Morgan fingerprint density at radius 2 is 2.00 bits per heavy atom. The molecular formula is C15H15F2N3O3. The van der Waals surface area contributed by atoms with Crippen molar-refractivity contribution in [3.63, 3.8) is 0 Å². The molecule has 23 heavy (non-hydrogen) atoms. The Labute approximate surface area is 130 Å². The fourth-order valence-electron chi connectivity index (χ4n) is 2.70. The summed E-state index contributed by atoms with van der Waals surface area (Å²) < 4.78 is 33.7. The molecule has 0 aliphatic carbocycles. The van der Waals surface area contributed by atoms with Crippen molar-refractivity contribution in [1.82, 2.24) is 9.78 Å². The summed E-state index contributed by atoms with van der Waals surface area (Å²) in [5, 5.41) is 4.01. The van der Waals surface area contributed by atoms with E-state index in [-0.39, 0.29) is 18.9 Å². The first-order valence-electron chi connectivity index (χ1n) is 7.36. The smallest absolute Gasteiger partial charge is 0.392 e. The molecule has 1 aliphatic heterocycles. The Balaban J connectivity index is 1.92. The van der Waals surface area contributed by atoms with E-state index in [0.717, 1.165) is 28.1 Å². The maximum atomic E-state index is 13.9. The number of aryl methyl sites for hydroxylation is 1. The molecule has 2 aromatic rings. The monoisotopic (exact) mass is 323 g/mol. The lowest BCUT2D eigenvalue weighted by atomic mass is 10.2. The van der Waals surface area contributed by atoms with E-state index < -0.39 is 35.0 Å². The van der Waals surface area contributed by atoms with Gasteiger partial charge < -0.3 is 9.32 Å². The normalized spacial score (nSPS) is 18.0. The van der Waals surface area contributed by atoms with E-state index in [4.69, 9.17) is 4.42 Å². The summed E-state index contributed by atoms with van der Waals surface area (Å²) in [5.41, 5.74) is -0.398. The molecule has 1 atom stereocenters. The molecule has 1 unspecified atom stereocenters.